The van der Waals surface area contributed by atoms with Gasteiger partial charge in [0.15, 0.2) is 11.6 Å². The van der Waals surface area contributed by atoms with E-state index >= 15 is 0 Å². The minimum Gasteiger partial charge on any atom is -0.378 e. The summed E-state index contributed by atoms with van der Waals surface area (Å²) in [5.41, 5.74) is 1.41. The fourth-order valence-corrected chi connectivity index (χ4v) is 2.79. The minimum atomic E-state index is -0.862. The van der Waals surface area contributed by atoms with Crippen LogP contribution in [0.3, 0.4) is 0 Å². The van der Waals surface area contributed by atoms with Crippen molar-refractivity contribution in [2.75, 3.05) is 13.7 Å². The molecule has 0 saturated carbocycles. The molecule has 1 aromatic carbocycles. The monoisotopic (exact) mass is 298 g/mol. The molecule has 1 heterocycles. The molecule has 108 valence electrons. The highest BCUT2D eigenvalue weighted by Crippen LogP contribution is 2.29. The van der Waals surface area contributed by atoms with Crippen molar-refractivity contribution in [2.24, 2.45) is 0 Å². The largest absolute Gasteiger partial charge is 0.378 e. The van der Waals surface area contributed by atoms with E-state index in [1.165, 1.54) is 23.5 Å². The van der Waals surface area contributed by atoms with Crippen LogP contribution < -0.4 is 5.32 Å². The molecule has 1 aromatic heterocycles. The molecule has 6 heteroatoms. The fraction of sp³-hybridized carbons (Fsp3) is 0.357. The Morgan fingerprint density at radius 2 is 2.10 bits per heavy atom. The Bertz CT molecular complexity index is 587. The second kappa shape index (κ2) is 6.88. The van der Waals surface area contributed by atoms with Gasteiger partial charge in [-0.3, -0.25) is 0 Å². The highest BCUT2D eigenvalue weighted by Gasteiger charge is 2.13. The fourth-order valence-electron chi connectivity index (χ4n) is 1.76. The highest BCUT2D eigenvalue weighted by molar-refractivity contribution is 7.15. The van der Waals surface area contributed by atoms with Gasteiger partial charge < -0.3 is 10.1 Å². The molecule has 0 amide bonds. The van der Waals surface area contributed by atoms with Gasteiger partial charge in [0.2, 0.25) is 0 Å². The molecule has 0 radical (unpaired) electrons. The first kappa shape index (κ1) is 15.0. The van der Waals surface area contributed by atoms with Crippen molar-refractivity contribution in [3.63, 3.8) is 0 Å². The van der Waals surface area contributed by atoms with Gasteiger partial charge in [0, 0.05) is 24.1 Å². The Morgan fingerprint density at radius 1 is 1.30 bits per heavy atom. The maximum absolute atomic E-state index is 13.3. The van der Waals surface area contributed by atoms with Gasteiger partial charge in [0.05, 0.1) is 12.3 Å². The maximum Gasteiger partial charge on any atom is 0.159 e. The number of methoxy groups -OCH3 is 1. The van der Waals surface area contributed by atoms with E-state index in [1.54, 1.807) is 7.11 Å². The second-order valence-electron chi connectivity index (χ2n) is 4.23. The summed E-state index contributed by atoms with van der Waals surface area (Å²) in [5.74, 6) is -1.71. The summed E-state index contributed by atoms with van der Waals surface area (Å²) in [6.45, 7) is 3.97. The van der Waals surface area contributed by atoms with Crippen molar-refractivity contribution in [1.82, 2.24) is 10.3 Å². The van der Waals surface area contributed by atoms with Crippen LogP contribution in [0, 0.1) is 11.6 Å². The van der Waals surface area contributed by atoms with Crippen molar-refractivity contribution in [1.29, 1.82) is 0 Å². The molecule has 3 nitrogen and oxygen atoms in total. The number of hydrogen-bond acceptors (Lipinski definition) is 4. The average Bonchev–Trinajstić information content (AvgIpc) is 2.83. The molecule has 0 unspecified atom stereocenters. The van der Waals surface area contributed by atoms with Gasteiger partial charge in [-0.2, -0.15) is 0 Å². The second-order valence-corrected chi connectivity index (χ2v) is 5.31. The van der Waals surface area contributed by atoms with Crippen LogP contribution in [0.1, 0.15) is 17.5 Å². The van der Waals surface area contributed by atoms with Crippen LogP contribution in [-0.4, -0.2) is 18.6 Å². The van der Waals surface area contributed by atoms with E-state index in [0.29, 0.717) is 23.7 Å². The third-order valence-corrected chi connectivity index (χ3v) is 3.91. The van der Waals surface area contributed by atoms with Crippen molar-refractivity contribution in [3.8, 4) is 10.6 Å². The quantitative estimate of drug-likeness (QED) is 0.888. The Hall–Kier alpha value is -1.37. The lowest BCUT2D eigenvalue weighted by molar-refractivity contribution is 0.181. The molecule has 0 atom stereocenters. The lowest BCUT2D eigenvalue weighted by atomic mass is 10.2. The van der Waals surface area contributed by atoms with Crippen LogP contribution >= 0.6 is 11.3 Å². The molecule has 0 fully saturated rings. The summed E-state index contributed by atoms with van der Waals surface area (Å²) in [5, 5.41) is 3.90. The van der Waals surface area contributed by atoms with Crippen LogP contribution in [0.5, 0.6) is 0 Å². The average molecular weight is 298 g/mol. The van der Waals surface area contributed by atoms with Crippen molar-refractivity contribution < 1.29 is 13.5 Å². The Balaban J connectivity index is 2.33. The van der Waals surface area contributed by atoms with Gasteiger partial charge in [-0.15, -0.1) is 11.3 Å². The van der Waals surface area contributed by atoms with E-state index in [1.807, 2.05) is 6.92 Å². The topological polar surface area (TPSA) is 34.2 Å². The lowest BCUT2D eigenvalue weighted by Crippen LogP contribution is -2.12. The number of halogens is 2. The number of hydrogen-bond donors (Lipinski definition) is 1. The standard InChI is InChI=1S/C14H16F2N2OS/c1-3-17-7-13-12(8-19-2)18-14(20-13)9-4-5-10(15)11(16)6-9/h4-6,17H,3,7-8H2,1-2H3. The minimum absolute atomic E-state index is 0.404. The summed E-state index contributed by atoms with van der Waals surface area (Å²) in [7, 11) is 1.60. The summed E-state index contributed by atoms with van der Waals surface area (Å²) >= 11 is 1.46. The zero-order valence-corrected chi connectivity index (χ0v) is 12.2. The first-order chi connectivity index (χ1) is 9.65. The molecule has 2 rings (SSSR count). The first-order valence-corrected chi connectivity index (χ1v) is 7.11. The number of nitrogens with zero attached hydrogens (tertiary/aromatic N) is 1. The van der Waals surface area contributed by atoms with E-state index in [0.717, 1.165) is 23.2 Å². The van der Waals surface area contributed by atoms with Gasteiger partial charge in [0.1, 0.15) is 5.01 Å². The van der Waals surface area contributed by atoms with E-state index < -0.39 is 11.6 Å². The predicted molar refractivity (Wildman–Crippen MR) is 75.6 cm³/mol. The smallest absolute Gasteiger partial charge is 0.159 e. The van der Waals surface area contributed by atoms with Gasteiger partial charge >= 0.3 is 0 Å². The molecule has 0 saturated heterocycles. The molecular weight excluding hydrogens is 282 g/mol. The van der Waals surface area contributed by atoms with E-state index in [-0.39, 0.29) is 0 Å². The van der Waals surface area contributed by atoms with Crippen LogP contribution in [-0.2, 0) is 17.9 Å². The zero-order chi connectivity index (χ0) is 14.5. The van der Waals surface area contributed by atoms with Gasteiger partial charge in [-0.25, -0.2) is 13.8 Å². The normalized spacial score (nSPS) is 11.0. The number of nitrogens with one attached hydrogen (secondary N) is 1. The Labute approximate surface area is 120 Å². The summed E-state index contributed by atoms with van der Waals surface area (Å²) in [6, 6.07) is 3.82. The molecule has 0 aliphatic heterocycles. The molecule has 0 spiro atoms. The Morgan fingerprint density at radius 3 is 2.75 bits per heavy atom. The van der Waals surface area contributed by atoms with Crippen molar-refractivity contribution in [3.05, 3.63) is 40.4 Å². The molecule has 2 aromatic rings. The highest BCUT2D eigenvalue weighted by atomic mass is 32.1. The SMILES string of the molecule is CCNCc1sc(-c2ccc(F)c(F)c2)nc1COC. The predicted octanol–water partition coefficient (Wildman–Crippen LogP) is 3.34. The van der Waals surface area contributed by atoms with Crippen molar-refractivity contribution >= 4 is 11.3 Å². The summed E-state index contributed by atoms with van der Waals surface area (Å²) < 4.78 is 31.4. The first-order valence-electron chi connectivity index (χ1n) is 6.29. The maximum atomic E-state index is 13.3. The molecular formula is C14H16F2N2OS. The summed E-state index contributed by atoms with van der Waals surface area (Å²) in [4.78, 5) is 5.51. The molecule has 0 bridgehead atoms. The molecule has 20 heavy (non-hydrogen) atoms. The number of benzene rings is 1. The lowest BCUT2D eigenvalue weighted by Gasteiger charge is -2.00. The van der Waals surface area contributed by atoms with Gasteiger partial charge in [-0.1, -0.05) is 6.92 Å². The van der Waals surface area contributed by atoms with Crippen LogP contribution in [0.15, 0.2) is 18.2 Å². The molecule has 0 aliphatic carbocycles. The third kappa shape index (κ3) is 3.39. The van der Waals surface area contributed by atoms with E-state index in [9.17, 15) is 8.78 Å². The van der Waals surface area contributed by atoms with E-state index in [2.05, 4.69) is 10.3 Å². The van der Waals surface area contributed by atoms with Crippen molar-refractivity contribution in [2.45, 2.75) is 20.1 Å². The van der Waals surface area contributed by atoms with Crippen LogP contribution in [0.4, 0.5) is 8.78 Å². The number of thiazole rings is 1. The van der Waals surface area contributed by atoms with E-state index in [4.69, 9.17) is 4.74 Å². The van der Waals surface area contributed by atoms with Gasteiger partial charge in [-0.05, 0) is 24.7 Å². The zero-order valence-electron chi connectivity index (χ0n) is 11.4. The van der Waals surface area contributed by atoms with Gasteiger partial charge in [0.25, 0.3) is 0 Å². The molecule has 1 N–H and O–H groups in total. The number of aromatic nitrogens is 1. The van der Waals surface area contributed by atoms with Crippen LogP contribution in [0.25, 0.3) is 10.6 Å². The molecule has 0 aliphatic rings. The van der Waals surface area contributed by atoms with Crippen LogP contribution in [0.2, 0.25) is 0 Å². The number of rotatable bonds is 6. The number of ether oxygens (including phenoxy) is 1. The Kier molecular flexibility index (Phi) is 5.17. The third-order valence-electron chi connectivity index (χ3n) is 2.76. The summed E-state index contributed by atoms with van der Waals surface area (Å²) in [6.07, 6.45) is 0.